The Morgan fingerprint density at radius 2 is 1.92 bits per heavy atom. The van der Waals surface area contributed by atoms with E-state index in [1.807, 2.05) is 12.1 Å². The summed E-state index contributed by atoms with van der Waals surface area (Å²) < 4.78 is 27.1. The fourth-order valence-electron chi connectivity index (χ4n) is 2.65. The second kappa shape index (κ2) is 5.77. The first-order valence-corrected chi connectivity index (χ1v) is 9.46. The number of carbonyl (C=O) groups excluding carboxylic acids is 1. The zero-order chi connectivity index (χ0) is 17.5. The summed E-state index contributed by atoms with van der Waals surface area (Å²) in [5.41, 5.74) is 1.87. The molecular formula is C16H22N4O3S. The van der Waals surface area contributed by atoms with Crippen LogP contribution in [-0.2, 0) is 10.0 Å². The molecule has 0 spiro atoms. The lowest BCUT2D eigenvalue weighted by molar-refractivity contribution is 0.0982. The molecule has 24 heavy (non-hydrogen) atoms. The van der Waals surface area contributed by atoms with Gasteiger partial charge in [-0.1, -0.05) is 0 Å². The Labute approximate surface area is 141 Å². The summed E-state index contributed by atoms with van der Waals surface area (Å²) in [4.78, 5) is 14.7. The molecule has 1 aliphatic rings. The van der Waals surface area contributed by atoms with Crippen LogP contribution in [0.1, 0.15) is 44.0 Å². The largest absolute Gasteiger partial charge is 0.371 e. The predicted molar refractivity (Wildman–Crippen MR) is 92.8 cm³/mol. The summed E-state index contributed by atoms with van der Waals surface area (Å²) in [5, 5.41) is 4.14. The summed E-state index contributed by atoms with van der Waals surface area (Å²) >= 11 is 0. The van der Waals surface area contributed by atoms with E-state index in [4.69, 9.17) is 0 Å². The summed E-state index contributed by atoms with van der Waals surface area (Å²) in [5.74, 6) is -0.654. The van der Waals surface area contributed by atoms with Gasteiger partial charge in [-0.3, -0.25) is 4.79 Å². The van der Waals surface area contributed by atoms with Crippen LogP contribution in [0, 0.1) is 0 Å². The highest BCUT2D eigenvalue weighted by atomic mass is 32.2. The van der Waals surface area contributed by atoms with Crippen molar-refractivity contribution in [2.75, 3.05) is 18.0 Å². The minimum absolute atomic E-state index is 0.254. The number of pyridine rings is 1. The Morgan fingerprint density at radius 3 is 2.54 bits per heavy atom. The van der Waals surface area contributed by atoms with Gasteiger partial charge >= 0.3 is 0 Å². The first-order valence-electron chi connectivity index (χ1n) is 7.98. The van der Waals surface area contributed by atoms with E-state index in [2.05, 4.69) is 14.7 Å². The fraction of sp³-hybridized carbons (Fsp3) is 0.500. The molecule has 1 amide bonds. The Kier molecular flexibility index (Phi) is 4.03. The first-order chi connectivity index (χ1) is 11.2. The van der Waals surface area contributed by atoms with Gasteiger partial charge in [-0.05, 0) is 45.7 Å². The van der Waals surface area contributed by atoms with Crippen molar-refractivity contribution in [2.45, 2.75) is 38.4 Å². The van der Waals surface area contributed by atoms with Crippen LogP contribution in [-0.4, -0.2) is 41.8 Å². The lowest BCUT2D eigenvalue weighted by Gasteiger charge is -2.19. The molecule has 3 heterocycles. The normalized spacial score (nSPS) is 15.9. The van der Waals surface area contributed by atoms with E-state index in [-0.39, 0.29) is 5.56 Å². The second-order valence-corrected chi connectivity index (χ2v) is 9.45. The lowest BCUT2D eigenvalue weighted by atomic mass is 10.2. The number of hydrogen-bond acceptors (Lipinski definition) is 5. The molecule has 0 atom stereocenters. The maximum absolute atomic E-state index is 12.5. The zero-order valence-electron chi connectivity index (χ0n) is 14.1. The average Bonchev–Trinajstić information content (AvgIpc) is 3.14. The maximum atomic E-state index is 12.5. The molecule has 0 saturated carbocycles. The number of carbonyl (C=O) groups is 1. The molecule has 0 aliphatic carbocycles. The van der Waals surface area contributed by atoms with Crippen molar-refractivity contribution in [2.24, 2.45) is 0 Å². The Morgan fingerprint density at radius 1 is 1.25 bits per heavy atom. The van der Waals surface area contributed by atoms with Crippen molar-refractivity contribution in [1.82, 2.24) is 14.3 Å². The van der Waals surface area contributed by atoms with E-state index in [1.54, 1.807) is 31.5 Å². The first kappa shape index (κ1) is 16.8. The highest BCUT2D eigenvalue weighted by Gasteiger charge is 2.31. The molecule has 3 rings (SSSR count). The molecule has 0 aromatic carbocycles. The number of hydrogen-bond donors (Lipinski definition) is 1. The number of sulfonamides is 1. The van der Waals surface area contributed by atoms with E-state index in [0.29, 0.717) is 5.52 Å². The lowest BCUT2D eigenvalue weighted by Crippen LogP contribution is -2.42. The Hall–Kier alpha value is -2.09. The van der Waals surface area contributed by atoms with Crippen LogP contribution in [0.4, 0.5) is 5.69 Å². The SMILES string of the molecule is CC(C)(C)S(=O)(=O)NC(=O)c1cnn2ccc(N3CCCC3)cc12. The van der Waals surface area contributed by atoms with Gasteiger partial charge in [0.05, 0.1) is 22.0 Å². The zero-order valence-corrected chi connectivity index (χ0v) is 14.9. The Bertz CT molecular complexity index is 874. The molecule has 1 saturated heterocycles. The van der Waals surface area contributed by atoms with Crippen molar-refractivity contribution in [3.05, 3.63) is 30.1 Å². The van der Waals surface area contributed by atoms with Crippen LogP contribution in [0.5, 0.6) is 0 Å². The van der Waals surface area contributed by atoms with Crippen LogP contribution < -0.4 is 9.62 Å². The molecular weight excluding hydrogens is 328 g/mol. The third-order valence-corrected chi connectivity index (χ3v) is 6.32. The third-order valence-electron chi connectivity index (χ3n) is 4.25. The van der Waals surface area contributed by atoms with Crippen LogP contribution in [0.2, 0.25) is 0 Å². The summed E-state index contributed by atoms with van der Waals surface area (Å²) in [6.45, 7) is 6.62. The average molecular weight is 350 g/mol. The quantitative estimate of drug-likeness (QED) is 0.912. The van der Waals surface area contributed by atoms with Crippen molar-refractivity contribution in [1.29, 1.82) is 0 Å². The third kappa shape index (κ3) is 2.98. The monoisotopic (exact) mass is 350 g/mol. The summed E-state index contributed by atoms with van der Waals surface area (Å²) in [6, 6.07) is 3.84. The van der Waals surface area contributed by atoms with Gasteiger partial charge in [0.15, 0.2) is 0 Å². The maximum Gasteiger partial charge on any atom is 0.268 e. The number of nitrogens with zero attached hydrogens (tertiary/aromatic N) is 3. The van der Waals surface area contributed by atoms with Crippen molar-refractivity contribution >= 4 is 27.1 Å². The molecule has 0 radical (unpaired) electrons. The van der Waals surface area contributed by atoms with Crippen molar-refractivity contribution in [3.8, 4) is 0 Å². The van der Waals surface area contributed by atoms with Gasteiger partial charge in [-0.2, -0.15) is 5.10 Å². The van der Waals surface area contributed by atoms with E-state index >= 15 is 0 Å². The number of fused-ring (bicyclic) bond motifs is 1. The van der Waals surface area contributed by atoms with Gasteiger partial charge in [0.1, 0.15) is 0 Å². The topological polar surface area (TPSA) is 83.8 Å². The van der Waals surface area contributed by atoms with Crippen molar-refractivity contribution < 1.29 is 13.2 Å². The van der Waals surface area contributed by atoms with Crippen LogP contribution in [0.25, 0.3) is 5.52 Å². The smallest absolute Gasteiger partial charge is 0.268 e. The van der Waals surface area contributed by atoms with E-state index in [0.717, 1.165) is 31.6 Å². The molecule has 0 bridgehead atoms. The second-order valence-electron chi connectivity index (χ2n) is 7.01. The number of aromatic nitrogens is 2. The number of anilines is 1. The van der Waals surface area contributed by atoms with Crippen LogP contribution in [0.15, 0.2) is 24.5 Å². The predicted octanol–water partition coefficient (Wildman–Crippen LogP) is 1.79. The highest BCUT2D eigenvalue weighted by molar-refractivity contribution is 7.91. The van der Waals surface area contributed by atoms with Gasteiger partial charge in [0.25, 0.3) is 5.91 Å². The molecule has 1 aliphatic heterocycles. The standard InChI is InChI=1S/C16H22N4O3S/c1-16(2,3)24(22,23)18-15(21)13-11-17-20-9-6-12(10-14(13)20)19-7-4-5-8-19/h6,9-11H,4-5,7-8H2,1-3H3,(H,18,21). The van der Waals surface area contributed by atoms with Gasteiger partial charge in [-0.15, -0.1) is 0 Å². The van der Waals surface area contributed by atoms with Gasteiger partial charge < -0.3 is 4.90 Å². The van der Waals surface area contributed by atoms with Crippen molar-refractivity contribution in [3.63, 3.8) is 0 Å². The highest BCUT2D eigenvalue weighted by Crippen LogP contribution is 2.23. The Balaban J connectivity index is 1.94. The van der Waals surface area contributed by atoms with E-state index in [1.165, 1.54) is 6.20 Å². The molecule has 1 N–H and O–H groups in total. The summed E-state index contributed by atoms with van der Waals surface area (Å²) in [6.07, 6.45) is 5.50. The van der Waals surface area contributed by atoms with Gasteiger partial charge in [-0.25, -0.2) is 17.7 Å². The fourth-order valence-corrected chi connectivity index (χ4v) is 3.31. The molecule has 7 nitrogen and oxygen atoms in total. The minimum atomic E-state index is -3.76. The molecule has 0 unspecified atom stereocenters. The van der Waals surface area contributed by atoms with Gasteiger partial charge in [0.2, 0.25) is 10.0 Å². The molecule has 130 valence electrons. The minimum Gasteiger partial charge on any atom is -0.371 e. The molecule has 2 aromatic heterocycles. The van der Waals surface area contributed by atoms with Gasteiger partial charge in [0, 0.05) is 25.0 Å². The van der Waals surface area contributed by atoms with Crippen LogP contribution in [0.3, 0.4) is 0 Å². The van der Waals surface area contributed by atoms with E-state index in [9.17, 15) is 13.2 Å². The summed E-state index contributed by atoms with van der Waals surface area (Å²) in [7, 11) is -3.76. The number of rotatable bonds is 3. The number of nitrogens with one attached hydrogen (secondary N) is 1. The molecule has 8 heteroatoms. The number of amides is 1. The van der Waals surface area contributed by atoms with E-state index < -0.39 is 20.7 Å². The van der Waals surface area contributed by atoms with Crippen LogP contribution >= 0.6 is 0 Å². The molecule has 2 aromatic rings. The molecule has 1 fully saturated rings.